The average molecular weight is 620 g/mol. The van der Waals surface area contributed by atoms with Crippen LogP contribution in [0.2, 0.25) is 0 Å². The van der Waals surface area contributed by atoms with Crippen LogP contribution in [0.4, 0.5) is 5.69 Å². The van der Waals surface area contributed by atoms with Crippen molar-refractivity contribution in [2.45, 2.75) is 18.0 Å². The predicted molar refractivity (Wildman–Crippen MR) is 164 cm³/mol. The van der Waals surface area contributed by atoms with Gasteiger partial charge in [0.05, 0.1) is 20.3 Å². The maximum absolute atomic E-state index is 14.8. The number of anilines is 1. The number of nitrogens with zero attached hydrogens (tertiary/aromatic N) is 1. The van der Waals surface area contributed by atoms with E-state index in [9.17, 15) is 14.4 Å². The summed E-state index contributed by atoms with van der Waals surface area (Å²) < 4.78 is 12.4. The molecule has 0 bridgehead atoms. The minimum atomic E-state index is -1.63. The molecule has 2 heterocycles. The van der Waals surface area contributed by atoms with Crippen LogP contribution >= 0.6 is 15.9 Å². The number of carbonyl (C=O) groups excluding carboxylic acids is 3. The van der Waals surface area contributed by atoms with Gasteiger partial charge in [0.25, 0.3) is 0 Å². The van der Waals surface area contributed by atoms with Crippen molar-refractivity contribution in [2.24, 2.45) is 5.41 Å². The molecule has 42 heavy (non-hydrogen) atoms. The Morgan fingerprint density at radius 2 is 1.52 bits per heavy atom. The fourth-order valence-corrected chi connectivity index (χ4v) is 7.60. The first-order chi connectivity index (χ1) is 20.4. The van der Waals surface area contributed by atoms with E-state index < -0.39 is 23.4 Å². The minimum absolute atomic E-state index is 0.187. The zero-order chi connectivity index (χ0) is 29.2. The van der Waals surface area contributed by atoms with E-state index in [2.05, 4.69) is 15.9 Å². The van der Waals surface area contributed by atoms with Crippen LogP contribution in [-0.4, -0.2) is 43.7 Å². The first-order valence-corrected chi connectivity index (χ1v) is 14.5. The van der Waals surface area contributed by atoms with Crippen molar-refractivity contribution in [3.05, 3.63) is 129 Å². The van der Waals surface area contributed by atoms with Crippen LogP contribution in [-0.2, 0) is 0 Å². The Kier molecular flexibility index (Phi) is 6.17. The standard InChI is InChI=1S/C35H26BrNO5/c1-41-27-14-8-13-25(32(27)42-2)29-30(31(38)20-9-4-3-5-10-20)37-26-17-16-22(36)19-21(26)15-18-28(37)35(29)33(39)23-11-6-7-12-24(23)34(35)40/h3-19,28-30H,1-2H3/t28?,29-,30+/m1/s1. The van der Waals surface area contributed by atoms with Gasteiger partial charge < -0.3 is 14.4 Å². The Labute approximate surface area is 251 Å². The molecule has 3 atom stereocenters. The lowest BCUT2D eigenvalue weighted by molar-refractivity contribution is 0.0664. The molecule has 7 heteroatoms. The van der Waals surface area contributed by atoms with Gasteiger partial charge in [-0.3, -0.25) is 14.4 Å². The molecule has 0 saturated carbocycles. The van der Waals surface area contributed by atoms with Gasteiger partial charge in [-0.25, -0.2) is 0 Å². The number of methoxy groups -OCH3 is 2. The van der Waals surface area contributed by atoms with Crippen LogP contribution in [0, 0.1) is 5.41 Å². The molecule has 4 aromatic rings. The number of hydrogen-bond donors (Lipinski definition) is 0. The zero-order valence-corrected chi connectivity index (χ0v) is 24.5. The van der Waals surface area contributed by atoms with E-state index in [4.69, 9.17) is 9.47 Å². The lowest BCUT2D eigenvalue weighted by Gasteiger charge is -2.37. The molecule has 0 N–H and O–H groups in total. The van der Waals surface area contributed by atoms with E-state index in [0.717, 1.165) is 15.7 Å². The van der Waals surface area contributed by atoms with Gasteiger partial charge in [-0.05, 0) is 29.8 Å². The quantitative estimate of drug-likeness (QED) is 0.181. The summed E-state index contributed by atoms with van der Waals surface area (Å²) in [5.74, 6) is -0.814. The van der Waals surface area contributed by atoms with E-state index in [1.54, 1.807) is 49.6 Å². The summed E-state index contributed by atoms with van der Waals surface area (Å²) in [4.78, 5) is 46.4. The summed E-state index contributed by atoms with van der Waals surface area (Å²) in [6, 6.07) is 25.6. The lowest BCUT2D eigenvalue weighted by atomic mass is 9.64. The number of rotatable bonds is 5. The highest BCUT2D eigenvalue weighted by molar-refractivity contribution is 9.10. The van der Waals surface area contributed by atoms with Crippen molar-refractivity contribution >= 4 is 45.0 Å². The fraction of sp³-hybridized carbons (Fsp3) is 0.171. The van der Waals surface area contributed by atoms with E-state index >= 15 is 0 Å². The van der Waals surface area contributed by atoms with Gasteiger partial charge >= 0.3 is 0 Å². The molecule has 1 saturated heterocycles. The van der Waals surface area contributed by atoms with Gasteiger partial charge in [0.15, 0.2) is 28.8 Å². The van der Waals surface area contributed by atoms with Crippen LogP contribution in [0.3, 0.4) is 0 Å². The maximum Gasteiger partial charge on any atom is 0.185 e. The molecule has 0 aromatic heterocycles. The molecule has 0 amide bonds. The first kappa shape index (κ1) is 26.4. The van der Waals surface area contributed by atoms with Gasteiger partial charge in [0, 0.05) is 38.3 Å². The number of para-hydroxylation sites is 1. The van der Waals surface area contributed by atoms with Gasteiger partial charge in [-0.2, -0.15) is 0 Å². The third-order valence-electron chi connectivity index (χ3n) is 8.86. The predicted octanol–water partition coefficient (Wildman–Crippen LogP) is 6.78. The van der Waals surface area contributed by atoms with Crippen molar-refractivity contribution in [2.75, 3.05) is 19.1 Å². The van der Waals surface area contributed by atoms with Gasteiger partial charge in [-0.1, -0.05) is 94.8 Å². The molecule has 1 unspecified atom stereocenters. The molecule has 1 fully saturated rings. The van der Waals surface area contributed by atoms with Crippen molar-refractivity contribution < 1.29 is 23.9 Å². The molecule has 3 aliphatic rings. The third-order valence-corrected chi connectivity index (χ3v) is 9.35. The number of fused-ring (bicyclic) bond motifs is 5. The second-order valence-electron chi connectivity index (χ2n) is 10.7. The SMILES string of the molecule is COc1cccc([C@@H]2[C@@H](C(=O)c3ccccc3)N3c4ccc(Br)cc4C=CC3C23C(=O)c2ccccc2C3=O)c1OC. The number of benzene rings is 4. The van der Waals surface area contributed by atoms with E-state index in [0.29, 0.717) is 33.8 Å². The monoisotopic (exact) mass is 619 g/mol. The summed E-state index contributed by atoms with van der Waals surface area (Å²) in [6.07, 6.45) is 3.86. The van der Waals surface area contributed by atoms with Gasteiger partial charge in [-0.15, -0.1) is 0 Å². The number of ether oxygens (including phenoxy) is 2. The molecule has 6 nitrogen and oxygen atoms in total. The summed E-state index contributed by atoms with van der Waals surface area (Å²) >= 11 is 3.57. The molecule has 1 aliphatic carbocycles. The van der Waals surface area contributed by atoms with E-state index in [1.165, 1.54) is 7.11 Å². The minimum Gasteiger partial charge on any atom is -0.493 e. The van der Waals surface area contributed by atoms with Crippen LogP contribution in [0.1, 0.15) is 48.1 Å². The Hall–Kier alpha value is -4.49. The highest BCUT2D eigenvalue weighted by Crippen LogP contribution is 2.62. The maximum atomic E-state index is 14.8. The largest absolute Gasteiger partial charge is 0.493 e. The number of hydrogen-bond acceptors (Lipinski definition) is 6. The molecule has 2 aliphatic heterocycles. The van der Waals surface area contributed by atoms with Crippen LogP contribution in [0.15, 0.2) is 102 Å². The summed E-state index contributed by atoms with van der Waals surface area (Å²) in [7, 11) is 3.07. The summed E-state index contributed by atoms with van der Waals surface area (Å²) in [5.41, 5.74) is 1.85. The highest BCUT2D eigenvalue weighted by Gasteiger charge is 2.72. The number of halogens is 1. The first-order valence-electron chi connectivity index (χ1n) is 13.7. The molecule has 7 rings (SSSR count). The van der Waals surface area contributed by atoms with Crippen LogP contribution in [0.5, 0.6) is 11.5 Å². The fourth-order valence-electron chi connectivity index (χ4n) is 7.22. The lowest BCUT2D eigenvalue weighted by Crippen LogP contribution is -2.48. The molecule has 0 radical (unpaired) electrons. The van der Waals surface area contributed by atoms with Crippen LogP contribution in [0.25, 0.3) is 6.08 Å². The highest BCUT2D eigenvalue weighted by atomic mass is 79.9. The molecular weight excluding hydrogens is 594 g/mol. The average Bonchev–Trinajstić information content (AvgIpc) is 3.46. The topological polar surface area (TPSA) is 72.9 Å². The van der Waals surface area contributed by atoms with E-state index in [1.807, 2.05) is 65.6 Å². The van der Waals surface area contributed by atoms with Crippen LogP contribution < -0.4 is 14.4 Å². The Balaban J connectivity index is 1.59. The summed E-state index contributed by atoms with van der Waals surface area (Å²) in [6.45, 7) is 0. The number of ketones is 3. The van der Waals surface area contributed by atoms with Crippen molar-refractivity contribution in [3.63, 3.8) is 0 Å². The van der Waals surface area contributed by atoms with Gasteiger partial charge in [0.2, 0.25) is 0 Å². The van der Waals surface area contributed by atoms with Gasteiger partial charge in [0.1, 0.15) is 11.5 Å². The number of Topliss-reactive ketones (excluding diaryl/α,β-unsaturated/α-hetero) is 3. The van der Waals surface area contributed by atoms with Crippen molar-refractivity contribution in [1.82, 2.24) is 0 Å². The van der Waals surface area contributed by atoms with Crippen molar-refractivity contribution in [3.8, 4) is 11.5 Å². The van der Waals surface area contributed by atoms with Crippen molar-refractivity contribution in [1.29, 1.82) is 0 Å². The Morgan fingerprint density at radius 3 is 2.19 bits per heavy atom. The third kappa shape index (κ3) is 3.46. The smallest absolute Gasteiger partial charge is 0.185 e. The Morgan fingerprint density at radius 1 is 0.833 bits per heavy atom. The molecule has 4 aromatic carbocycles. The summed E-state index contributed by atoms with van der Waals surface area (Å²) in [5, 5.41) is 0. The molecule has 1 spiro atoms. The number of carbonyl (C=O) groups is 3. The Bertz CT molecular complexity index is 1780. The second kappa shape index (κ2) is 9.81. The normalized spacial score (nSPS) is 21.2. The zero-order valence-electron chi connectivity index (χ0n) is 22.9. The van der Waals surface area contributed by atoms with E-state index in [-0.39, 0.29) is 17.3 Å². The molecular formula is C35H26BrNO5. The second-order valence-corrected chi connectivity index (χ2v) is 11.6. The molecule has 208 valence electrons.